The van der Waals surface area contributed by atoms with Crippen LogP contribution in [0.2, 0.25) is 0 Å². The summed E-state index contributed by atoms with van der Waals surface area (Å²) >= 11 is 1.33. The Morgan fingerprint density at radius 3 is 2.68 bits per heavy atom. The monoisotopic (exact) mass is 393 g/mol. The number of aryl methyl sites for hydroxylation is 1. The summed E-state index contributed by atoms with van der Waals surface area (Å²) in [5, 5.41) is 3.50. The summed E-state index contributed by atoms with van der Waals surface area (Å²) in [4.78, 5) is 32.6. The SMILES string of the molecule is CSc1nccc(C(N=O)C(=O)c2ccc(C)c(OCc3ccccc3)c2)n1. The third-order valence-corrected chi connectivity index (χ3v) is 4.74. The lowest BCUT2D eigenvalue weighted by molar-refractivity contribution is 0.0959. The molecule has 6 nitrogen and oxygen atoms in total. The molecule has 0 aliphatic rings. The first-order valence-electron chi connectivity index (χ1n) is 8.63. The molecular formula is C21H19N3O3S. The van der Waals surface area contributed by atoms with Crippen molar-refractivity contribution >= 4 is 17.5 Å². The van der Waals surface area contributed by atoms with Crippen LogP contribution in [0.15, 0.2) is 71.1 Å². The number of hydrogen-bond acceptors (Lipinski definition) is 7. The van der Waals surface area contributed by atoms with E-state index >= 15 is 0 Å². The number of carbonyl (C=O) groups is 1. The number of aromatic nitrogens is 2. The Morgan fingerprint density at radius 1 is 1.18 bits per heavy atom. The van der Waals surface area contributed by atoms with Gasteiger partial charge in [0.15, 0.2) is 17.0 Å². The molecule has 142 valence electrons. The third-order valence-electron chi connectivity index (χ3n) is 4.18. The molecule has 28 heavy (non-hydrogen) atoms. The molecule has 3 rings (SSSR count). The topological polar surface area (TPSA) is 81.5 Å². The van der Waals surface area contributed by atoms with Gasteiger partial charge >= 0.3 is 0 Å². The molecule has 0 saturated heterocycles. The van der Waals surface area contributed by atoms with E-state index in [4.69, 9.17) is 4.74 Å². The number of ketones is 1. The fraction of sp³-hybridized carbons (Fsp3) is 0.190. The number of Topliss-reactive ketones (excluding diaryl/α,β-unsaturated/α-hetero) is 1. The van der Waals surface area contributed by atoms with E-state index in [2.05, 4.69) is 15.1 Å². The van der Waals surface area contributed by atoms with Crippen molar-refractivity contribution in [3.05, 3.63) is 88.1 Å². The minimum absolute atomic E-state index is 0.284. The smallest absolute Gasteiger partial charge is 0.197 e. The van der Waals surface area contributed by atoms with Crippen molar-refractivity contribution in [3.63, 3.8) is 0 Å². The summed E-state index contributed by atoms with van der Waals surface area (Å²) in [7, 11) is 0. The highest BCUT2D eigenvalue weighted by molar-refractivity contribution is 7.98. The normalized spacial score (nSPS) is 11.6. The second kappa shape index (κ2) is 9.23. The van der Waals surface area contributed by atoms with E-state index in [1.54, 1.807) is 18.2 Å². The Bertz CT molecular complexity index is 980. The molecular weight excluding hydrogens is 374 g/mol. The molecule has 0 spiro atoms. The molecule has 0 saturated carbocycles. The average Bonchev–Trinajstić information content (AvgIpc) is 2.74. The van der Waals surface area contributed by atoms with E-state index in [0.717, 1.165) is 11.1 Å². The van der Waals surface area contributed by atoms with Crippen LogP contribution in [0.3, 0.4) is 0 Å². The predicted molar refractivity (Wildman–Crippen MR) is 109 cm³/mol. The van der Waals surface area contributed by atoms with Gasteiger partial charge in [-0.1, -0.05) is 59.4 Å². The van der Waals surface area contributed by atoms with Crippen molar-refractivity contribution < 1.29 is 9.53 Å². The first kappa shape index (κ1) is 19.7. The Labute approximate surface area is 167 Å². The van der Waals surface area contributed by atoms with E-state index in [0.29, 0.717) is 23.1 Å². The Balaban J connectivity index is 1.83. The molecule has 0 radical (unpaired) electrons. The predicted octanol–water partition coefficient (Wildman–Crippen LogP) is 4.78. The van der Waals surface area contributed by atoms with Gasteiger partial charge in [0.1, 0.15) is 12.4 Å². The molecule has 1 atom stereocenters. The summed E-state index contributed by atoms with van der Waals surface area (Å²) in [5.74, 6) is 0.164. The van der Waals surface area contributed by atoms with Gasteiger partial charge in [-0.15, -0.1) is 4.91 Å². The van der Waals surface area contributed by atoms with Crippen LogP contribution in [-0.4, -0.2) is 22.0 Å². The van der Waals surface area contributed by atoms with Gasteiger partial charge in [-0.3, -0.25) is 4.79 Å². The fourth-order valence-corrected chi connectivity index (χ4v) is 3.01. The van der Waals surface area contributed by atoms with Crippen molar-refractivity contribution in [1.82, 2.24) is 9.97 Å². The molecule has 7 heteroatoms. The second-order valence-corrected chi connectivity index (χ2v) is 6.87. The van der Waals surface area contributed by atoms with Gasteiger partial charge in [-0.05, 0) is 36.4 Å². The molecule has 0 fully saturated rings. The van der Waals surface area contributed by atoms with Crippen LogP contribution >= 0.6 is 11.8 Å². The van der Waals surface area contributed by atoms with Crippen molar-refractivity contribution in [2.45, 2.75) is 24.7 Å². The Kier molecular flexibility index (Phi) is 6.49. The molecule has 1 aromatic heterocycles. The van der Waals surface area contributed by atoms with Crippen LogP contribution in [0.5, 0.6) is 5.75 Å². The standard InChI is InChI=1S/C21H19N3O3S/c1-14-8-9-16(12-18(14)27-13-15-6-4-3-5-7-15)20(25)19(24-26)17-10-11-22-21(23-17)28-2/h3-12,19H,13H2,1-2H3. The highest BCUT2D eigenvalue weighted by Crippen LogP contribution is 2.26. The number of nitroso groups, excluding NO2 is 1. The van der Waals surface area contributed by atoms with Gasteiger partial charge in [0.25, 0.3) is 0 Å². The van der Waals surface area contributed by atoms with Crippen molar-refractivity contribution in [2.75, 3.05) is 6.26 Å². The molecule has 0 amide bonds. The van der Waals surface area contributed by atoms with Crippen LogP contribution in [0.4, 0.5) is 0 Å². The van der Waals surface area contributed by atoms with Crippen LogP contribution in [0.25, 0.3) is 0 Å². The summed E-state index contributed by atoms with van der Waals surface area (Å²) in [6, 6.07) is 15.2. The summed E-state index contributed by atoms with van der Waals surface area (Å²) < 4.78 is 5.88. The van der Waals surface area contributed by atoms with Crippen LogP contribution in [-0.2, 0) is 6.61 Å². The summed E-state index contributed by atoms with van der Waals surface area (Å²) in [5.41, 5.74) is 2.56. The first-order valence-corrected chi connectivity index (χ1v) is 9.86. The number of rotatable bonds is 8. The van der Waals surface area contributed by atoms with Gasteiger partial charge in [-0.2, -0.15) is 0 Å². The van der Waals surface area contributed by atoms with Crippen LogP contribution in [0, 0.1) is 11.8 Å². The number of benzene rings is 2. The molecule has 2 aromatic carbocycles. The van der Waals surface area contributed by atoms with Gasteiger partial charge in [0.2, 0.25) is 0 Å². The van der Waals surface area contributed by atoms with Gasteiger partial charge < -0.3 is 4.74 Å². The average molecular weight is 393 g/mol. The Morgan fingerprint density at radius 2 is 1.96 bits per heavy atom. The number of nitrogens with zero attached hydrogens (tertiary/aromatic N) is 3. The zero-order valence-corrected chi connectivity index (χ0v) is 16.3. The molecule has 1 heterocycles. The van der Waals surface area contributed by atoms with Crippen molar-refractivity contribution in [3.8, 4) is 5.75 Å². The molecule has 0 bridgehead atoms. The maximum Gasteiger partial charge on any atom is 0.197 e. The summed E-state index contributed by atoms with van der Waals surface area (Å²) in [6.07, 6.45) is 3.34. The molecule has 0 aliphatic carbocycles. The third kappa shape index (κ3) is 4.61. The second-order valence-electron chi connectivity index (χ2n) is 6.09. The maximum atomic E-state index is 12.9. The van der Waals surface area contributed by atoms with E-state index in [1.807, 2.05) is 43.5 Å². The van der Waals surface area contributed by atoms with Gasteiger partial charge in [0, 0.05) is 11.8 Å². The van der Waals surface area contributed by atoms with Crippen molar-refractivity contribution in [2.24, 2.45) is 5.18 Å². The highest BCUT2D eigenvalue weighted by atomic mass is 32.2. The van der Waals surface area contributed by atoms with Crippen LogP contribution < -0.4 is 4.74 Å². The largest absolute Gasteiger partial charge is 0.489 e. The molecule has 1 unspecified atom stereocenters. The fourth-order valence-electron chi connectivity index (χ4n) is 2.64. The lowest BCUT2D eigenvalue weighted by Crippen LogP contribution is -2.13. The zero-order valence-electron chi connectivity index (χ0n) is 15.5. The number of hydrogen-bond donors (Lipinski definition) is 0. The van der Waals surface area contributed by atoms with E-state index in [9.17, 15) is 9.70 Å². The van der Waals surface area contributed by atoms with Gasteiger partial charge in [0.05, 0.1) is 5.69 Å². The number of carbonyl (C=O) groups excluding carboxylic acids is 1. The lowest BCUT2D eigenvalue weighted by atomic mass is 10.0. The highest BCUT2D eigenvalue weighted by Gasteiger charge is 2.25. The summed E-state index contributed by atoms with van der Waals surface area (Å²) in [6.45, 7) is 2.29. The molecule has 0 N–H and O–H groups in total. The van der Waals surface area contributed by atoms with E-state index in [1.165, 1.54) is 24.0 Å². The quantitative estimate of drug-likeness (QED) is 0.237. The maximum absolute atomic E-state index is 12.9. The van der Waals surface area contributed by atoms with Gasteiger partial charge in [-0.25, -0.2) is 9.97 Å². The molecule has 0 aliphatic heterocycles. The number of ether oxygens (including phenoxy) is 1. The minimum atomic E-state index is -1.22. The molecule has 3 aromatic rings. The van der Waals surface area contributed by atoms with Crippen LogP contribution in [0.1, 0.15) is 33.2 Å². The number of thioether (sulfide) groups is 1. The van der Waals surface area contributed by atoms with E-state index in [-0.39, 0.29) is 5.69 Å². The first-order chi connectivity index (χ1) is 13.6. The zero-order chi connectivity index (χ0) is 19.9. The minimum Gasteiger partial charge on any atom is -0.489 e. The lowest BCUT2D eigenvalue weighted by Gasteiger charge is -2.13. The van der Waals surface area contributed by atoms with E-state index < -0.39 is 11.8 Å². The van der Waals surface area contributed by atoms with Crippen molar-refractivity contribution in [1.29, 1.82) is 0 Å². The Hall–Kier alpha value is -3.06.